The molecule has 3 amide bonds. The van der Waals surface area contributed by atoms with Gasteiger partial charge in [-0.05, 0) is 75.2 Å². The van der Waals surface area contributed by atoms with E-state index in [4.69, 9.17) is 0 Å². The first-order valence-electron chi connectivity index (χ1n) is 10.3. The van der Waals surface area contributed by atoms with E-state index in [1.54, 1.807) is 48.5 Å². The van der Waals surface area contributed by atoms with Gasteiger partial charge in [-0.2, -0.15) is 0 Å². The predicted octanol–water partition coefficient (Wildman–Crippen LogP) is 3.11. The molecule has 7 heteroatoms. The molecule has 0 unspecified atom stereocenters. The van der Waals surface area contributed by atoms with E-state index < -0.39 is 0 Å². The molecule has 2 aromatic rings. The fourth-order valence-corrected chi connectivity index (χ4v) is 3.27. The maximum Gasteiger partial charge on any atom is 0.253 e. The summed E-state index contributed by atoms with van der Waals surface area (Å²) in [5, 5.41) is 8.67. The van der Waals surface area contributed by atoms with Crippen molar-refractivity contribution in [1.29, 1.82) is 0 Å². The van der Waals surface area contributed by atoms with Crippen LogP contribution in [0, 0.1) is 0 Å². The summed E-state index contributed by atoms with van der Waals surface area (Å²) in [6.07, 6.45) is 2.13. The van der Waals surface area contributed by atoms with Crippen LogP contribution in [-0.2, 0) is 4.79 Å². The van der Waals surface area contributed by atoms with Gasteiger partial charge in [-0.25, -0.2) is 0 Å². The highest BCUT2D eigenvalue weighted by atomic mass is 16.2. The maximum atomic E-state index is 12.4. The lowest BCUT2D eigenvalue weighted by atomic mass is 10.2. The number of rotatable bonds is 7. The van der Waals surface area contributed by atoms with E-state index in [0.29, 0.717) is 16.8 Å². The fourth-order valence-electron chi connectivity index (χ4n) is 3.27. The van der Waals surface area contributed by atoms with Crippen molar-refractivity contribution < 1.29 is 14.4 Å². The molecule has 1 aliphatic heterocycles. The number of carbonyl (C=O) groups excluding carboxylic acids is 3. The Bertz CT molecular complexity index is 886. The molecule has 2 aromatic carbocycles. The van der Waals surface area contributed by atoms with E-state index in [1.165, 1.54) is 0 Å². The van der Waals surface area contributed by atoms with Crippen molar-refractivity contribution >= 4 is 29.1 Å². The zero-order valence-electron chi connectivity index (χ0n) is 17.4. The Morgan fingerprint density at radius 1 is 0.867 bits per heavy atom. The summed E-state index contributed by atoms with van der Waals surface area (Å²) in [6.45, 7) is 5.54. The van der Waals surface area contributed by atoms with Crippen molar-refractivity contribution in [3.63, 3.8) is 0 Å². The predicted molar refractivity (Wildman–Crippen MR) is 118 cm³/mol. The number of hydrogen-bond donors (Lipinski definition) is 3. The second kappa shape index (κ2) is 9.91. The topological polar surface area (TPSA) is 90.5 Å². The molecule has 1 saturated heterocycles. The van der Waals surface area contributed by atoms with Crippen LogP contribution in [0.1, 0.15) is 47.4 Å². The Balaban J connectivity index is 1.47. The molecule has 0 aliphatic carbocycles. The largest absolute Gasteiger partial charge is 0.376 e. The van der Waals surface area contributed by atoms with Crippen LogP contribution in [0.3, 0.4) is 0 Å². The zero-order valence-corrected chi connectivity index (χ0v) is 17.4. The van der Waals surface area contributed by atoms with Gasteiger partial charge in [0.1, 0.15) is 0 Å². The van der Waals surface area contributed by atoms with Gasteiger partial charge in [0.15, 0.2) is 0 Å². The normalized spacial score (nSPS) is 13.2. The van der Waals surface area contributed by atoms with Gasteiger partial charge >= 0.3 is 0 Å². The van der Waals surface area contributed by atoms with Gasteiger partial charge in [0.05, 0.1) is 6.54 Å². The lowest BCUT2D eigenvalue weighted by Gasteiger charge is -2.15. The molecule has 0 bridgehead atoms. The van der Waals surface area contributed by atoms with Crippen molar-refractivity contribution in [1.82, 2.24) is 10.2 Å². The molecule has 0 radical (unpaired) electrons. The maximum absolute atomic E-state index is 12.4. The lowest BCUT2D eigenvalue weighted by Crippen LogP contribution is -2.30. The van der Waals surface area contributed by atoms with Crippen molar-refractivity contribution in [3.05, 3.63) is 59.7 Å². The minimum atomic E-state index is -0.202. The number of anilines is 2. The molecule has 158 valence electrons. The summed E-state index contributed by atoms with van der Waals surface area (Å²) in [5.41, 5.74) is 2.59. The minimum Gasteiger partial charge on any atom is -0.376 e. The Kier molecular flexibility index (Phi) is 7.06. The van der Waals surface area contributed by atoms with Crippen LogP contribution in [0.2, 0.25) is 0 Å². The molecule has 0 aromatic heterocycles. The molecule has 1 heterocycles. The minimum absolute atomic E-state index is 0.0577. The number of nitrogens with one attached hydrogen (secondary N) is 3. The number of likely N-dealkylation sites (tertiary alicyclic amines) is 1. The highest BCUT2D eigenvalue weighted by Gasteiger charge is 2.19. The molecule has 1 aliphatic rings. The van der Waals surface area contributed by atoms with Gasteiger partial charge in [-0.1, -0.05) is 0 Å². The van der Waals surface area contributed by atoms with Crippen LogP contribution >= 0.6 is 0 Å². The Labute approximate surface area is 176 Å². The summed E-state index contributed by atoms with van der Waals surface area (Å²) in [5.74, 6) is -0.287. The van der Waals surface area contributed by atoms with E-state index >= 15 is 0 Å². The van der Waals surface area contributed by atoms with Crippen molar-refractivity contribution in [2.75, 3.05) is 30.3 Å². The molecular weight excluding hydrogens is 380 g/mol. The van der Waals surface area contributed by atoms with Gasteiger partial charge < -0.3 is 20.9 Å². The Morgan fingerprint density at radius 3 is 2.03 bits per heavy atom. The third-order valence-corrected chi connectivity index (χ3v) is 4.83. The quantitative estimate of drug-likeness (QED) is 0.657. The molecule has 0 spiro atoms. The monoisotopic (exact) mass is 408 g/mol. The van der Waals surface area contributed by atoms with Crippen LogP contribution < -0.4 is 16.0 Å². The summed E-state index contributed by atoms with van der Waals surface area (Å²) in [4.78, 5) is 38.4. The molecular formula is C23H28N4O3. The van der Waals surface area contributed by atoms with E-state index in [9.17, 15) is 14.4 Å². The number of nitrogens with zero attached hydrogens (tertiary/aromatic N) is 1. The molecule has 0 atom stereocenters. The molecule has 1 fully saturated rings. The van der Waals surface area contributed by atoms with Crippen LogP contribution in [0.4, 0.5) is 11.4 Å². The number of benzene rings is 2. The summed E-state index contributed by atoms with van der Waals surface area (Å²) in [7, 11) is 0. The van der Waals surface area contributed by atoms with Crippen molar-refractivity contribution in [3.8, 4) is 0 Å². The number of carbonyl (C=O) groups is 3. The van der Waals surface area contributed by atoms with Crippen LogP contribution in [-0.4, -0.2) is 48.3 Å². The van der Waals surface area contributed by atoms with E-state index in [1.807, 2.05) is 18.7 Å². The number of hydrogen-bond acceptors (Lipinski definition) is 4. The van der Waals surface area contributed by atoms with E-state index in [-0.39, 0.29) is 30.3 Å². The smallest absolute Gasteiger partial charge is 0.253 e. The molecule has 3 rings (SSSR count). The first-order valence-corrected chi connectivity index (χ1v) is 10.3. The van der Waals surface area contributed by atoms with E-state index in [0.717, 1.165) is 31.6 Å². The average Bonchev–Trinajstić information content (AvgIpc) is 3.27. The highest BCUT2D eigenvalue weighted by Crippen LogP contribution is 2.15. The molecule has 3 N–H and O–H groups in total. The van der Waals surface area contributed by atoms with Crippen LogP contribution in [0.25, 0.3) is 0 Å². The summed E-state index contributed by atoms with van der Waals surface area (Å²) in [6, 6.07) is 14.0. The van der Waals surface area contributed by atoms with Gasteiger partial charge in [0.2, 0.25) is 5.91 Å². The first kappa shape index (κ1) is 21.4. The first-order chi connectivity index (χ1) is 14.4. The summed E-state index contributed by atoms with van der Waals surface area (Å²) >= 11 is 0. The van der Waals surface area contributed by atoms with Gasteiger partial charge in [0.25, 0.3) is 11.8 Å². The second-order valence-electron chi connectivity index (χ2n) is 7.68. The lowest BCUT2D eigenvalue weighted by molar-refractivity contribution is -0.114. The third kappa shape index (κ3) is 5.83. The molecule has 30 heavy (non-hydrogen) atoms. The average molecular weight is 409 g/mol. The number of amides is 3. The van der Waals surface area contributed by atoms with Gasteiger partial charge in [-0.3, -0.25) is 14.4 Å². The van der Waals surface area contributed by atoms with Crippen molar-refractivity contribution in [2.24, 2.45) is 0 Å². The van der Waals surface area contributed by atoms with Crippen LogP contribution in [0.5, 0.6) is 0 Å². The Morgan fingerprint density at radius 2 is 1.43 bits per heavy atom. The van der Waals surface area contributed by atoms with Gasteiger partial charge in [0, 0.05) is 41.6 Å². The third-order valence-electron chi connectivity index (χ3n) is 4.83. The standard InChI is InChI=1S/C23H28N4O3/c1-16(2)25-22(29)17-5-11-20(12-6-17)26-21(28)15-24-19-9-7-18(8-10-19)23(30)27-13-3-4-14-27/h5-12,16,24H,3-4,13-15H2,1-2H3,(H,25,29)(H,26,28). The molecule has 0 saturated carbocycles. The van der Waals surface area contributed by atoms with Crippen LogP contribution in [0.15, 0.2) is 48.5 Å². The highest BCUT2D eigenvalue weighted by molar-refractivity contribution is 5.97. The van der Waals surface area contributed by atoms with Gasteiger partial charge in [-0.15, -0.1) is 0 Å². The zero-order chi connectivity index (χ0) is 21.5. The van der Waals surface area contributed by atoms with Crippen molar-refractivity contribution in [2.45, 2.75) is 32.7 Å². The second-order valence-corrected chi connectivity index (χ2v) is 7.68. The van der Waals surface area contributed by atoms with E-state index in [2.05, 4.69) is 16.0 Å². The Hall–Kier alpha value is -3.35. The SMILES string of the molecule is CC(C)NC(=O)c1ccc(NC(=O)CNc2ccc(C(=O)N3CCCC3)cc2)cc1. The summed E-state index contributed by atoms with van der Waals surface area (Å²) < 4.78 is 0. The molecule has 7 nitrogen and oxygen atoms in total. The fraction of sp³-hybridized carbons (Fsp3) is 0.348.